The predicted molar refractivity (Wildman–Crippen MR) is 84.3 cm³/mol. The Morgan fingerprint density at radius 2 is 2.10 bits per heavy atom. The number of ether oxygens (including phenoxy) is 1. The van der Waals surface area contributed by atoms with Crippen LogP contribution in [-0.2, 0) is 6.42 Å². The molecule has 1 N–H and O–H groups in total. The summed E-state index contributed by atoms with van der Waals surface area (Å²) in [6, 6.07) is 8.90. The van der Waals surface area contributed by atoms with E-state index in [1.807, 2.05) is 32.0 Å². The number of methoxy groups -OCH3 is 1. The molecule has 5 heteroatoms. The zero-order valence-electron chi connectivity index (χ0n) is 12.2. The van der Waals surface area contributed by atoms with Crippen molar-refractivity contribution in [3.05, 3.63) is 52.3 Å². The Labute approximate surface area is 129 Å². The number of carbonyl (C=O) groups is 1. The van der Waals surface area contributed by atoms with Crippen molar-refractivity contribution in [2.75, 3.05) is 12.4 Å². The molecule has 2 aromatic rings. The Morgan fingerprint density at radius 1 is 1.33 bits per heavy atom. The number of nitrogens with one attached hydrogen (secondary N) is 1. The van der Waals surface area contributed by atoms with Crippen molar-refractivity contribution in [3.8, 4) is 5.75 Å². The van der Waals surface area contributed by atoms with Gasteiger partial charge in [-0.25, -0.2) is 4.98 Å². The predicted octanol–water partition coefficient (Wildman–Crippen LogP) is 3.87. The summed E-state index contributed by atoms with van der Waals surface area (Å²) >= 11 is 5.94. The van der Waals surface area contributed by atoms with Gasteiger partial charge in [0.05, 0.1) is 12.8 Å². The number of hydrogen-bond donors (Lipinski definition) is 1. The molecule has 0 aliphatic heterocycles. The Bertz CT molecular complexity index is 671. The highest BCUT2D eigenvalue weighted by Crippen LogP contribution is 2.26. The van der Waals surface area contributed by atoms with Gasteiger partial charge in [-0.2, -0.15) is 0 Å². The topological polar surface area (TPSA) is 51.2 Å². The van der Waals surface area contributed by atoms with Crippen LogP contribution in [-0.4, -0.2) is 18.0 Å². The van der Waals surface area contributed by atoms with Crippen molar-refractivity contribution < 1.29 is 9.53 Å². The van der Waals surface area contributed by atoms with Crippen LogP contribution in [0.1, 0.15) is 28.5 Å². The largest absolute Gasteiger partial charge is 0.495 e. The van der Waals surface area contributed by atoms with Gasteiger partial charge in [-0.3, -0.25) is 4.79 Å². The molecule has 0 unspecified atom stereocenters. The Kier molecular flexibility index (Phi) is 4.81. The second-order valence-electron chi connectivity index (χ2n) is 4.68. The first-order valence-corrected chi connectivity index (χ1v) is 7.03. The molecule has 0 atom stereocenters. The minimum atomic E-state index is -0.238. The van der Waals surface area contributed by atoms with E-state index >= 15 is 0 Å². The fourth-order valence-corrected chi connectivity index (χ4v) is 2.20. The number of anilines is 1. The van der Waals surface area contributed by atoms with Crippen LogP contribution in [0, 0.1) is 6.92 Å². The summed E-state index contributed by atoms with van der Waals surface area (Å²) in [7, 11) is 1.57. The monoisotopic (exact) mass is 304 g/mol. The lowest BCUT2D eigenvalue weighted by atomic mass is 10.1. The number of carbonyl (C=O) groups excluding carboxylic acids is 1. The molecule has 21 heavy (non-hydrogen) atoms. The number of benzene rings is 1. The van der Waals surface area contributed by atoms with Crippen LogP contribution >= 0.6 is 11.6 Å². The van der Waals surface area contributed by atoms with Gasteiger partial charge >= 0.3 is 0 Å². The van der Waals surface area contributed by atoms with E-state index in [1.54, 1.807) is 19.2 Å². The van der Waals surface area contributed by atoms with Gasteiger partial charge in [0.15, 0.2) is 0 Å². The fourth-order valence-electron chi connectivity index (χ4n) is 1.98. The molecule has 0 aliphatic carbocycles. The summed E-state index contributed by atoms with van der Waals surface area (Å²) in [5.74, 6) is 0.378. The quantitative estimate of drug-likeness (QED) is 0.872. The van der Waals surface area contributed by atoms with E-state index in [0.717, 1.165) is 11.3 Å². The van der Waals surface area contributed by atoms with Gasteiger partial charge in [0.25, 0.3) is 5.91 Å². The number of hydrogen-bond acceptors (Lipinski definition) is 3. The summed E-state index contributed by atoms with van der Waals surface area (Å²) in [6.07, 6.45) is 0.717. The first-order valence-electron chi connectivity index (χ1n) is 6.66. The smallest absolute Gasteiger partial charge is 0.255 e. The number of aromatic nitrogens is 1. The van der Waals surface area contributed by atoms with E-state index in [-0.39, 0.29) is 5.91 Å². The maximum Gasteiger partial charge on any atom is 0.255 e. The maximum atomic E-state index is 12.4. The molecule has 1 aromatic heterocycles. The third-order valence-electron chi connectivity index (χ3n) is 3.07. The number of nitrogens with zero attached hydrogens (tertiary/aromatic N) is 1. The molecule has 0 saturated carbocycles. The van der Waals surface area contributed by atoms with Gasteiger partial charge in [-0.15, -0.1) is 0 Å². The summed E-state index contributed by atoms with van der Waals surface area (Å²) in [5, 5.41) is 3.16. The lowest BCUT2D eigenvalue weighted by Gasteiger charge is -2.11. The second-order valence-corrected chi connectivity index (χ2v) is 5.07. The van der Waals surface area contributed by atoms with Crippen molar-refractivity contribution >= 4 is 23.2 Å². The van der Waals surface area contributed by atoms with Gasteiger partial charge in [0, 0.05) is 11.3 Å². The Balaban J connectivity index is 2.30. The van der Waals surface area contributed by atoms with Gasteiger partial charge in [-0.1, -0.05) is 24.6 Å². The number of amides is 1. The van der Waals surface area contributed by atoms with Crippen LogP contribution in [0.3, 0.4) is 0 Å². The number of aryl methyl sites for hydroxylation is 2. The number of rotatable bonds is 4. The summed E-state index contributed by atoms with van der Waals surface area (Å²) in [4.78, 5) is 16.5. The van der Waals surface area contributed by atoms with Gasteiger partial charge < -0.3 is 10.1 Å². The zero-order chi connectivity index (χ0) is 15.4. The summed E-state index contributed by atoms with van der Waals surface area (Å²) < 4.78 is 5.25. The number of halogens is 1. The third-order valence-corrected chi connectivity index (χ3v) is 3.27. The molecule has 0 radical (unpaired) electrons. The van der Waals surface area contributed by atoms with E-state index in [0.29, 0.717) is 28.6 Å². The van der Waals surface area contributed by atoms with Gasteiger partial charge in [0.1, 0.15) is 10.9 Å². The average molecular weight is 305 g/mol. The van der Waals surface area contributed by atoms with Crippen molar-refractivity contribution in [2.24, 2.45) is 0 Å². The first-order chi connectivity index (χ1) is 10.0. The van der Waals surface area contributed by atoms with E-state index < -0.39 is 0 Å². The normalized spacial score (nSPS) is 10.3. The molecule has 0 spiro atoms. The molecule has 0 fully saturated rings. The molecule has 2 rings (SSSR count). The van der Waals surface area contributed by atoms with E-state index in [4.69, 9.17) is 16.3 Å². The first kappa shape index (κ1) is 15.3. The van der Waals surface area contributed by atoms with Crippen molar-refractivity contribution in [2.45, 2.75) is 20.3 Å². The van der Waals surface area contributed by atoms with Crippen LogP contribution in [0.15, 0.2) is 30.3 Å². The van der Waals surface area contributed by atoms with E-state index in [2.05, 4.69) is 10.3 Å². The lowest BCUT2D eigenvalue weighted by molar-refractivity contribution is 0.102. The third kappa shape index (κ3) is 3.73. The molecule has 1 aromatic carbocycles. The van der Waals surface area contributed by atoms with Crippen LogP contribution in [0.25, 0.3) is 0 Å². The van der Waals surface area contributed by atoms with Crippen molar-refractivity contribution in [3.63, 3.8) is 0 Å². The van der Waals surface area contributed by atoms with E-state index in [1.165, 1.54) is 0 Å². The minimum absolute atomic E-state index is 0.238. The Morgan fingerprint density at radius 3 is 2.76 bits per heavy atom. The summed E-state index contributed by atoms with van der Waals surface area (Å²) in [6.45, 7) is 3.91. The molecule has 0 bridgehead atoms. The van der Waals surface area contributed by atoms with Crippen LogP contribution in [0.2, 0.25) is 5.15 Å². The fraction of sp³-hybridized carbons (Fsp3) is 0.250. The molecule has 4 nitrogen and oxygen atoms in total. The lowest BCUT2D eigenvalue weighted by Crippen LogP contribution is -2.13. The van der Waals surface area contributed by atoms with Crippen molar-refractivity contribution in [1.82, 2.24) is 4.98 Å². The molecular formula is C16H17ClN2O2. The number of pyridine rings is 1. The Hall–Kier alpha value is -2.07. The average Bonchev–Trinajstić information content (AvgIpc) is 2.46. The van der Waals surface area contributed by atoms with E-state index in [9.17, 15) is 4.79 Å². The van der Waals surface area contributed by atoms with Gasteiger partial charge in [0.2, 0.25) is 0 Å². The van der Waals surface area contributed by atoms with Crippen LogP contribution in [0.5, 0.6) is 5.75 Å². The minimum Gasteiger partial charge on any atom is -0.495 e. The van der Waals surface area contributed by atoms with Crippen LogP contribution in [0.4, 0.5) is 5.69 Å². The molecule has 1 heterocycles. The standard InChI is InChI=1S/C16H17ClN2O2/c1-4-12-8-11(9-15(17)18-12)16(20)19-13-7-10(2)5-6-14(13)21-3/h5-9H,4H2,1-3H3,(H,19,20). The maximum absolute atomic E-state index is 12.4. The second kappa shape index (κ2) is 6.59. The van der Waals surface area contributed by atoms with Gasteiger partial charge in [-0.05, 0) is 43.2 Å². The molecule has 1 amide bonds. The zero-order valence-corrected chi connectivity index (χ0v) is 13.0. The SMILES string of the molecule is CCc1cc(C(=O)Nc2cc(C)ccc2OC)cc(Cl)n1. The molecular weight excluding hydrogens is 288 g/mol. The summed E-state index contributed by atoms with van der Waals surface area (Å²) in [5.41, 5.74) is 2.93. The van der Waals surface area contributed by atoms with Crippen LogP contribution < -0.4 is 10.1 Å². The highest BCUT2D eigenvalue weighted by atomic mass is 35.5. The molecule has 0 saturated heterocycles. The highest BCUT2D eigenvalue weighted by Gasteiger charge is 2.12. The highest BCUT2D eigenvalue weighted by molar-refractivity contribution is 6.29. The van der Waals surface area contributed by atoms with Crippen molar-refractivity contribution in [1.29, 1.82) is 0 Å². The molecule has 110 valence electrons. The molecule has 0 aliphatic rings.